The Bertz CT molecular complexity index is 1390. The molecule has 1 fully saturated rings. The van der Waals surface area contributed by atoms with Crippen molar-refractivity contribution in [2.24, 2.45) is 0 Å². The van der Waals surface area contributed by atoms with E-state index in [4.69, 9.17) is 4.74 Å². The summed E-state index contributed by atoms with van der Waals surface area (Å²) in [6, 6.07) is 9.71. The molecule has 4 aromatic rings. The number of nitrogens with one attached hydrogen (secondary N) is 2. The summed E-state index contributed by atoms with van der Waals surface area (Å²) in [4.78, 5) is 38.4. The quantitative estimate of drug-likeness (QED) is 0.411. The zero-order chi connectivity index (χ0) is 24.4. The monoisotopic (exact) mass is 473 g/mol. The van der Waals surface area contributed by atoms with Gasteiger partial charge in [0.15, 0.2) is 5.65 Å². The fourth-order valence-electron chi connectivity index (χ4n) is 4.45. The minimum Gasteiger partial charge on any atom is -0.462 e. The number of pyridine rings is 2. The number of carbonyl (C=O) groups excluding carboxylic acids is 2. The molecule has 1 saturated heterocycles. The number of nitrogens with zero attached hydrogens (tertiary/aromatic N) is 5. The van der Waals surface area contributed by atoms with E-state index < -0.39 is 0 Å². The number of carbonyl (C=O) groups is 2. The molecule has 0 radical (unpaired) electrons. The van der Waals surface area contributed by atoms with Gasteiger partial charge in [-0.15, -0.1) is 0 Å². The van der Waals surface area contributed by atoms with Crippen LogP contribution >= 0.6 is 0 Å². The molecule has 1 amide bonds. The Kier molecular flexibility index (Phi) is 6.28. The van der Waals surface area contributed by atoms with Crippen LogP contribution in [0.1, 0.15) is 22.8 Å². The minimum absolute atomic E-state index is 0.120. The van der Waals surface area contributed by atoms with Crippen LogP contribution in [0.5, 0.6) is 0 Å². The number of aryl methyl sites for hydroxylation is 1. The molecule has 0 saturated carbocycles. The van der Waals surface area contributed by atoms with Crippen LogP contribution < -0.4 is 10.2 Å². The van der Waals surface area contributed by atoms with E-state index in [0.29, 0.717) is 49.8 Å². The molecule has 5 rings (SSSR count). The van der Waals surface area contributed by atoms with Crippen LogP contribution in [-0.2, 0) is 9.53 Å². The average molecular weight is 474 g/mol. The van der Waals surface area contributed by atoms with Gasteiger partial charge >= 0.3 is 5.97 Å². The first-order valence-electron chi connectivity index (χ1n) is 11.7. The highest BCUT2D eigenvalue weighted by Crippen LogP contribution is 2.32. The predicted molar refractivity (Wildman–Crippen MR) is 134 cm³/mol. The van der Waals surface area contributed by atoms with Crippen molar-refractivity contribution in [2.45, 2.75) is 13.8 Å². The number of fused-ring (bicyclic) bond motifs is 2. The number of anilines is 2. The molecule has 10 heteroatoms. The molecule has 1 aliphatic heterocycles. The highest BCUT2D eigenvalue weighted by molar-refractivity contribution is 6.05. The molecule has 0 atom stereocenters. The number of amides is 1. The van der Waals surface area contributed by atoms with Crippen molar-refractivity contribution < 1.29 is 14.3 Å². The fourth-order valence-corrected chi connectivity index (χ4v) is 4.45. The Labute approximate surface area is 202 Å². The number of rotatable bonds is 6. The lowest BCUT2D eigenvalue weighted by Gasteiger charge is -2.36. The van der Waals surface area contributed by atoms with Gasteiger partial charge in [0.05, 0.1) is 29.7 Å². The van der Waals surface area contributed by atoms with Crippen LogP contribution in [-0.4, -0.2) is 76.3 Å². The molecule has 0 spiro atoms. The van der Waals surface area contributed by atoms with Gasteiger partial charge in [-0.25, -0.2) is 9.78 Å². The van der Waals surface area contributed by atoms with Crippen LogP contribution in [0.4, 0.5) is 11.5 Å². The lowest BCUT2D eigenvalue weighted by molar-refractivity contribution is -0.117. The van der Waals surface area contributed by atoms with E-state index in [9.17, 15) is 9.59 Å². The van der Waals surface area contributed by atoms with Crippen LogP contribution in [0.25, 0.3) is 21.9 Å². The van der Waals surface area contributed by atoms with Gasteiger partial charge in [-0.3, -0.25) is 19.8 Å². The molecule has 3 aromatic heterocycles. The second kappa shape index (κ2) is 9.67. The van der Waals surface area contributed by atoms with Crippen molar-refractivity contribution in [2.75, 3.05) is 49.5 Å². The summed E-state index contributed by atoms with van der Waals surface area (Å²) in [5.41, 5.74) is 3.81. The van der Waals surface area contributed by atoms with E-state index in [1.165, 1.54) is 0 Å². The number of aromatic nitrogens is 4. The van der Waals surface area contributed by atoms with Crippen molar-refractivity contribution in [1.82, 2.24) is 25.1 Å². The number of esters is 1. The highest BCUT2D eigenvalue weighted by atomic mass is 16.5. The summed E-state index contributed by atoms with van der Waals surface area (Å²) in [6.07, 6.45) is 3.27. The third kappa shape index (κ3) is 4.65. The standard InChI is InChI=1S/C25H27N7O3/c1-3-35-25(34)19-14-27-20-7-6-16(2)13-18(20)22(19)32-11-9-31(10-12-32)15-21(33)28-24-17-5-4-8-26-23(17)29-30-24/h4-8,13-14H,3,9-12,15H2,1-2H3,(H2,26,28,29,30,33). The first kappa shape index (κ1) is 22.7. The second-order valence-corrected chi connectivity index (χ2v) is 8.55. The average Bonchev–Trinajstić information content (AvgIpc) is 3.26. The summed E-state index contributed by atoms with van der Waals surface area (Å²) in [5, 5.41) is 11.6. The Balaban J connectivity index is 1.30. The third-order valence-electron chi connectivity index (χ3n) is 6.14. The zero-order valence-corrected chi connectivity index (χ0v) is 19.7. The molecule has 1 aromatic carbocycles. The number of H-pyrrole nitrogens is 1. The van der Waals surface area contributed by atoms with Crippen molar-refractivity contribution in [3.63, 3.8) is 0 Å². The van der Waals surface area contributed by atoms with Gasteiger partial charge in [0.1, 0.15) is 11.4 Å². The largest absolute Gasteiger partial charge is 0.462 e. The maximum atomic E-state index is 12.7. The van der Waals surface area contributed by atoms with Crippen molar-refractivity contribution in [1.29, 1.82) is 0 Å². The summed E-state index contributed by atoms with van der Waals surface area (Å²) < 4.78 is 5.31. The van der Waals surface area contributed by atoms with E-state index in [2.05, 4.69) is 41.3 Å². The number of hydrogen-bond donors (Lipinski definition) is 2. The van der Waals surface area contributed by atoms with Crippen molar-refractivity contribution >= 4 is 45.3 Å². The Morgan fingerprint density at radius 3 is 2.74 bits per heavy atom. The van der Waals surface area contributed by atoms with Crippen LogP contribution in [0.2, 0.25) is 0 Å². The van der Waals surface area contributed by atoms with Gasteiger partial charge in [0, 0.05) is 44.0 Å². The SMILES string of the molecule is CCOC(=O)c1cnc2ccc(C)cc2c1N1CCN(CC(=O)Nc2[nH]nc3ncccc23)CC1. The smallest absolute Gasteiger partial charge is 0.341 e. The maximum Gasteiger partial charge on any atom is 0.341 e. The van der Waals surface area contributed by atoms with E-state index in [0.717, 1.165) is 27.5 Å². The van der Waals surface area contributed by atoms with Gasteiger partial charge < -0.3 is 15.0 Å². The topological polar surface area (TPSA) is 116 Å². The molecule has 10 nitrogen and oxygen atoms in total. The summed E-state index contributed by atoms with van der Waals surface area (Å²) in [6.45, 7) is 7.07. The Morgan fingerprint density at radius 1 is 1.11 bits per heavy atom. The number of piperazine rings is 1. The van der Waals surface area contributed by atoms with Gasteiger partial charge in [0.25, 0.3) is 0 Å². The van der Waals surface area contributed by atoms with Gasteiger partial charge in [0.2, 0.25) is 5.91 Å². The van der Waals surface area contributed by atoms with E-state index in [1.807, 2.05) is 31.2 Å². The van der Waals surface area contributed by atoms with Gasteiger partial charge in [-0.1, -0.05) is 11.6 Å². The number of hydrogen-bond acceptors (Lipinski definition) is 8. The molecule has 4 heterocycles. The lowest BCUT2D eigenvalue weighted by atomic mass is 10.0. The highest BCUT2D eigenvalue weighted by Gasteiger charge is 2.26. The molecule has 0 aliphatic carbocycles. The van der Waals surface area contributed by atoms with E-state index in [-0.39, 0.29) is 18.4 Å². The zero-order valence-electron chi connectivity index (χ0n) is 19.7. The third-order valence-corrected chi connectivity index (χ3v) is 6.14. The van der Waals surface area contributed by atoms with Gasteiger partial charge in [-0.2, -0.15) is 5.10 Å². The summed E-state index contributed by atoms with van der Waals surface area (Å²) >= 11 is 0. The van der Waals surface area contributed by atoms with Crippen LogP contribution in [0.15, 0.2) is 42.7 Å². The predicted octanol–water partition coefficient (Wildman–Crippen LogP) is 2.75. The van der Waals surface area contributed by atoms with E-state index >= 15 is 0 Å². The normalized spacial score (nSPS) is 14.4. The molecule has 35 heavy (non-hydrogen) atoms. The number of benzene rings is 1. The summed E-state index contributed by atoms with van der Waals surface area (Å²) in [5.74, 6) is 0.0565. The maximum absolute atomic E-state index is 12.7. The molecular weight excluding hydrogens is 446 g/mol. The molecular formula is C25H27N7O3. The lowest BCUT2D eigenvalue weighted by Crippen LogP contribution is -2.49. The minimum atomic E-state index is -0.374. The van der Waals surface area contributed by atoms with E-state index in [1.54, 1.807) is 19.3 Å². The first-order valence-corrected chi connectivity index (χ1v) is 11.7. The first-order chi connectivity index (χ1) is 17.0. The van der Waals surface area contributed by atoms with Crippen molar-refractivity contribution in [3.05, 3.63) is 53.9 Å². The molecule has 0 bridgehead atoms. The molecule has 1 aliphatic rings. The number of aromatic amines is 1. The summed E-state index contributed by atoms with van der Waals surface area (Å²) in [7, 11) is 0. The van der Waals surface area contributed by atoms with Crippen LogP contribution in [0.3, 0.4) is 0 Å². The number of ether oxygens (including phenoxy) is 1. The van der Waals surface area contributed by atoms with Crippen molar-refractivity contribution in [3.8, 4) is 0 Å². The molecule has 180 valence electrons. The molecule has 2 N–H and O–H groups in total. The van der Waals surface area contributed by atoms with Crippen LogP contribution in [0, 0.1) is 6.92 Å². The Morgan fingerprint density at radius 2 is 1.94 bits per heavy atom. The second-order valence-electron chi connectivity index (χ2n) is 8.55. The molecule has 0 unspecified atom stereocenters. The van der Waals surface area contributed by atoms with Gasteiger partial charge in [-0.05, 0) is 38.1 Å². The Hall–Kier alpha value is -4.05. The fraction of sp³-hybridized carbons (Fsp3) is 0.320.